The van der Waals surface area contributed by atoms with Gasteiger partial charge in [-0.1, -0.05) is 86.7 Å². The largest absolute Gasteiger partial charge is 0.0622 e. The lowest BCUT2D eigenvalue weighted by atomic mass is 9.97. The third kappa shape index (κ3) is 3.50. The van der Waals surface area contributed by atoms with Crippen LogP contribution in [-0.2, 0) is 6.42 Å². The van der Waals surface area contributed by atoms with Crippen molar-refractivity contribution >= 4 is 0 Å². The molecule has 1 aliphatic carbocycles. The SMILES string of the molecule is c1ccc(-c2ccc(CCCC3CCCC3)cc2)cc1. The molecule has 0 heterocycles. The van der Waals surface area contributed by atoms with E-state index in [1.807, 2.05) is 0 Å². The molecule has 2 aromatic rings. The third-order valence-electron chi connectivity index (χ3n) is 4.61. The van der Waals surface area contributed by atoms with E-state index >= 15 is 0 Å². The standard InChI is InChI=1S/C20H24/c1-2-11-19(12-3-1)20-15-13-18(14-16-20)10-6-9-17-7-4-5-8-17/h1-3,11-17H,4-10H2. The van der Waals surface area contributed by atoms with E-state index in [1.165, 1.54) is 61.6 Å². The van der Waals surface area contributed by atoms with Gasteiger partial charge in [-0.25, -0.2) is 0 Å². The van der Waals surface area contributed by atoms with Gasteiger partial charge >= 0.3 is 0 Å². The molecule has 104 valence electrons. The first-order chi connectivity index (χ1) is 9.92. The highest BCUT2D eigenvalue weighted by Gasteiger charge is 2.13. The minimum atomic E-state index is 1.03. The second-order valence-electron chi connectivity index (χ2n) is 6.11. The Balaban J connectivity index is 1.53. The van der Waals surface area contributed by atoms with Crippen LogP contribution in [0.25, 0.3) is 11.1 Å². The summed E-state index contributed by atoms with van der Waals surface area (Å²) in [4.78, 5) is 0. The maximum Gasteiger partial charge on any atom is -0.0184 e. The minimum absolute atomic E-state index is 1.03. The molecule has 1 saturated carbocycles. The Morgan fingerprint density at radius 1 is 0.750 bits per heavy atom. The number of aryl methyl sites for hydroxylation is 1. The van der Waals surface area contributed by atoms with E-state index in [0.29, 0.717) is 0 Å². The third-order valence-corrected chi connectivity index (χ3v) is 4.61. The Kier molecular flexibility index (Phi) is 4.53. The van der Waals surface area contributed by atoms with Gasteiger partial charge in [-0.3, -0.25) is 0 Å². The van der Waals surface area contributed by atoms with E-state index in [2.05, 4.69) is 54.6 Å². The average molecular weight is 264 g/mol. The molecule has 0 saturated heterocycles. The van der Waals surface area contributed by atoms with E-state index < -0.39 is 0 Å². The molecule has 0 N–H and O–H groups in total. The predicted molar refractivity (Wildman–Crippen MR) is 86.8 cm³/mol. The zero-order chi connectivity index (χ0) is 13.6. The van der Waals surface area contributed by atoms with Gasteiger partial charge in [0.1, 0.15) is 0 Å². The highest BCUT2D eigenvalue weighted by molar-refractivity contribution is 5.63. The first-order valence-corrected chi connectivity index (χ1v) is 8.06. The van der Waals surface area contributed by atoms with E-state index in [4.69, 9.17) is 0 Å². The van der Waals surface area contributed by atoms with Crippen molar-refractivity contribution in [2.75, 3.05) is 0 Å². The maximum absolute atomic E-state index is 2.30. The molecule has 2 aromatic carbocycles. The first-order valence-electron chi connectivity index (χ1n) is 8.06. The second kappa shape index (κ2) is 6.74. The summed E-state index contributed by atoms with van der Waals surface area (Å²) in [7, 11) is 0. The highest BCUT2D eigenvalue weighted by atomic mass is 14.2. The summed E-state index contributed by atoms with van der Waals surface area (Å²) in [5.41, 5.74) is 4.12. The molecule has 0 amide bonds. The molecule has 1 aliphatic rings. The van der Waals surface area contributed by atoms with Crippen molar-refractivity contribution in [3.05, 3.63) is 60.2 Å². The molecule has 0 bridgehead atoms. The van der Waals surface area contributed by atoms with Gasteiger partial charge in [-0.05, 0) is 35.4 Å². The second-order valence-corrected chi connectivity index (χ2v) is 6.11. The number of benzene rings is 2. The van der Waals surface area contributed by atoms with Crippen molar-refractivity contribution in [3.63, 3.8) is 0 Å². The summed E-state index contributed by atoms with van der Waals surface area (Å²) in [6, 6.07) is 19.8. The zero-order valence-electron chi connectivity index (χ0n) is 12.2. The van der Waals surface area contributed by atoms with Gasteiger partial charge in [-0.2, -0.15) is 0 Å². The summed E-state index contributed by atoms with van der Waals surface area (Å²) in [6.07, 6.45) is 9.92. The summed E-state index contributed by atoms with van der Waals surface area (Å²) >= 11 is 0. The van der Waals surface area contributed by atoms with Crippen molar-refractivity contribution in [2.24, 2.45) is 5.92 Å². The molecule has 20 heavy (non-hydrogen) atoms. The summed E-state index contributed by atoms with van der Waals surface area (Å²) in [6.45, 7) is 0. The molecule has 3 rings (SSSR count). The van der Waals surface area contributed by atoms with Crippen LogP contribution in [0.2, 0.25) is 0 Å². The molecular weight excluding hydrogens is 240 g/mol. The summed E-state index contributed by atoms with van der Waals surface area (Å²) in [5.74, 6) is 1.03. The van der Waals surface area contributed by atoms with E-state index in [-0.39, 0.29) is 0 Å². The van der Waals surface area contributed by atoms with Gasteiger partial charge in [0.2, 0.25) is 0 Å². The van der Waals surface area contributed by atoms with Gasteiger partial charge in [0.05, 0.1) is 0 Å². The summed E-state index contributed by atoms with van der Waals surface area (Å²) < 4.78 is 0. The topological polar surface area (TPSA) is 0 Å². The van der Waals surface area contributed by atoms with Gasteiger partial charge in [0, 0.05) is 0 Å². The monoisotopic (exact) mass is 264 g/mol. The van der Waals surface area contributed by atoms with Crippen LogP contribution >= 0.6 is 0 Å². The van der Waals surface area contributed by atoms with E-state index in [1.54, 1.807) is 0 Å². The Hall–Kier alpha value is -1.56. The number of hydrogen-bond acceptors (Lipinski definition) is 0. The van der Waals surface area contributed by atoms with Crippen LogP contribution in [0.3, 0.4) is 0 Å². The Morgan fingerprint density at radius 2 is 1.40 bits per heavy atom. The quantitative estimate of drug-likeness (QED) is 0.634. The van der Waals surface area contributed by atoms with Crippen molar-refractivity contribution in [3.8, 4) is 11.1 Å². The van der Waals surface area contributed by atoms with Crippen LogP contribution in [0.1, 0.15) is 44.1 Å². The normalized spacial score (nSPS) is 15.6. The smallest absolute Gasteiger partial charge is 0.0184 e. The molecule has 0 heteroatoms. The van der Waals surface area contributed by atoms with Gasteiger partial charge in [0.15, 0.2) is 0 Å². The van der Waals surface area contributed by atoms with Crippen molar-refractivity contribution in [2.45, 2.75) is 44.9 Å². The lowest BCUT2D eigenvalue weighted by molar-refractivity contribution is 0.484. The highest BCUT2D eigenvalue weighted by Crippen LogP contribution is 2.29. The maximum atomic E-state index is 2.30. The fourth-order valence-electron chi connectivity index (χ4n) is 3.39. The van der Waals surface area contributed by atoms with Crippen molar-refractivity contribution in [1.29, 1.82) is 0 Å². The lowest BCUT2D eigenvalue weighted by Gasteiger charge is -2.09. The molecule has 0 aliphatic heterocycles. The van der Waals surface area contributed by atoms with Crippen LogP contribution in [0.15, 0.2) is 54.6 Å². The van der Waals surface area contributed by atoms with Crippen LogP contribution in [0.5, 0.6) is 0 Å². The lowest BCUT2D eigenvalue weighted by Crippen LogP contribution is -1.94. The molecule has 0 spiro atoms. The fourth-order valence-corrected chi connectivity index (χ4v) is 3.39. The zero-order valence-corrected chi connectivity index (χ0v) is 12.2. The Bertz CT molecular complexity index is 503. The molecule has 0 atom stereocenters. The van der Waals surface area contributed by atoms with E-state index in [9.17, 15) is 0 Å². The molecule has 0 radical (unpaired) electrons. The molecule has 0 unspecified atom stereocenters. The minimum Gasteiger partial charge on any atom is -0.0622 e. The van der Waals surface area contributed by atoms with Crippen LogP contribution < -0.4 is 0 Å². The summed E-state index contributed by atoms with van der Waals surface area (Å²) in [5, 5.41) is 0. The van der Waals surface area contributed by atoms with Crippen molar-refractivity contribution in [1.82, 2.24) is 0 Å². The van der Waals surface area contributed by atoms with Gasteiger partial charge in [0.25, 0.3) is 0 Å². The molecule has 0 aromatic heterocycles. The molecule has 1 fully saturated rings. The predicted octanol–water partition coefficient (Wildman–Crippen LogP) is 5.87. The van der Waals surface area contributed by atoms with E-state index in [0.717, 1.165) is 5.92 Å². The number of rotatable bonds is 5. The van der Waals surface area contributed by atoms with Crippen molar-refractivity contribution < 1.29 is 0 Å². The van der Waals surface area contributed by atoms with Gasteiger partial charge in [-0.15, -0.1) is 0 Å². The van der Waals surface area contributed by atoms with Crippen LogP contribution in [0, 0.1) is 5.92 Å². The fraction of sp³-hybridized carbons (Fsp3) is 0.400. The molecule has 0 nitrogen and oxygen atoms in total. The average Bonchev–Trinajstić information content (AvgIpc) is 3.02. The Labute approximate surface area is 122 Å². The van der Waals surface area contributed by atoms with Crippen LogP contribution in [0.4, 0.5) is 0 Å². The Morgan fingerprint density at radius 3 is 2.10 bits per heavy atom. The number of hydrogen-bond donors (Lipinski definition) is 0. The first kappa shape index (κ1) is 13.4. The van der Waals surface area contributed by atoms with Gasteiger partial charge < -0.3 is 0 Å². The molecular formula is C20H24. The van der Waals surface area contributed by atoms with Crippen LogP contribution in [-0.4, -0.2) is 0 Å².